The summed E-state index contributed by atoms with van der Waals surface area (Å²) in [5, 5.41) is 14.6. The van der Waals surface area contributed by atoms with Crippen molar-refractivity contribution >= 4 is 5.91 Å². The summed E-state index contributed by atoms with van der Waals surface area (Å²) in [6.07, 6.45) is 0. The van der Waals surface area contributed by atoms with Gasteiger partial charge < -0.3 is 5.32 Å². The van der Waals surface area contributed by atoms with E-state index in [0.29, 0.717) is 11.4 Å². The molecule has 0 aliphatic heterocycles. The van der Waals surface area contributed by atoms with Crippen LogP contribution in [0, 0.1) is 6.92 Å². The van der Waals surface area contributed by atoms with Gasteiger partial charge in [-0.2, -0.15) is 4.68 Å². The average molecular weight is 349 g/mol. The molecule has 0 bridgehead atoms. The minimum absolute atomic E-state index is 0.0606. The molecule has 0 aliphatic carbocycles. The lowest BCUT2D eigenvalue weighted by Gasteiger charge is -2.19. The normalized spacial score (nSPS) is 11.4. The van der Waals surface area contributed by atoms with Gasteiger partial charge in [-0.25, -0.2) is 0 Å². The zero-order valence-electron chi connectivity index (χ0n) is 15.5. The molecule has 26 heavy (non-hydrogen) atoms. The maximum absolute atomic E-state index is 12.4. The van der Waals surface area contributed by atoms with E-state index >= 15 is 0 Å². The van der Waals surface area contributed by atoms with Crippen molar-refractivity contribution in [2.24, 2.45) is 0 Å². The van der Waals surface area contributed by atoms with Gasteiger partial charge in [0.1, 0.15) is 0 Å². The van der Waals surface area contributed by atoms with Gasteiger partial charge in [0.05, 0.1) is 12.2 Å². The van der Waals surface area contributed by atoms with E-state index in [4.69, 9.17) is 0 Å². The first-order chi connectivity index (χ1) is 12.3. The summed E-state index contributed by atoms with van der Waals surface area (Å²) in [6.45, 7) is 8.71. The third-order valence-electron chi connectivity index (χ3n) is 4.23. The first-order valence-corrected chi connectivity index (χ1v) is 8.57. The quantitative estimate of drug-likeness (QED) is 0.785. The first-order valence-electron chi connectivity index (χ1n) is 8.57. The van der Waals surface area contributed by atoms with Crippen LogP contribution in [0.2, 0.25) is 0 Å². The number of nitrogens with one attached hydrogen (secondary N) is 1. The Morgan fingerprint density at radius 3 is 2.31 bits per heavy atom. The van der Waals surface area contributed by atoms with Crippen LogP contribution < -0.4 is 5.32 Å². The number of hydrogen-bond donors (Lipinski definition) is 1. The molecule has 0 fully saturated rings. The van der Waals surface area contributed by atoms with Crippen LogP contribution in [0.1, 0.15) is 48.1 Å². The summed E-state index contributed by atoms with van der Waals surface area (Å²) in [4.78, 5) is 12.4. The number of nitrogens with zero attached hydrogens (tertiary/aromatic N) is 4. The van der Waals surface area contributed by atoms with E-state index in [9.17, 15) is 4.79 Å². The molecule has 0 saturated heterocycles. The highest BCUT2D eigenvalue weighted by Crippen LogP contribution is 2.22. The van der Waals surface area contributed by atoms with Gasteiger partial charge in [-0.1, -0.05) is 50.6 Å². The van der Waals surface area contributed by atoms with Crippen molar-refractivity contribution in [3.05, 3.63) is 71.0 Å². The minimum Gasteiger partial charge on any atom is -0.345 e. The van der Waals surface area contributed by atoms with Crippen molar-refractivity contribution in [3.8, 4) is 5.69 Å². The summed E-state index contributed by atoms with van der Waals surface area (Å²) in [6, 6.07) is 15.6. The summed E-state index contributed by atoms with van der Waals surface area (Å²) < 4.78 is 1.63. The van der Waals surface area contributed by atoms with Crippen molar-refractivity contribution in [2.75, 3.05) is 0 Å². The second-order valence-corrected chi connectivity index (χ2v) is 7.35. The number of aromatic nitrogens is 4. The fraction of sp³-hybridized carbons (Fsp3) is 0.300. The van der Waals surface area contributed by atoms with Crippen LogP contribution in [0.4, 0.5) is 0 Å². The number of tetrazole rings is 1. The number of aryl methyl sites for hydroxylation is 1. The van der Waals surface area contributed by atoms with Crippen molar-refractivity contribution in [3.63, 3.8) is 0 Å². The average Bonchev–Trinajstić information content (AvgIpc) is 3.08. The highest BCUT2D eigenvalue weighted by Gasteiger charge is 2.15. The summed E-state index contributed by atoms with van der Waals surface area (Å²) >= 11 is 0. The zero-order chi connectivity index (χ0) is 18.7. The first kappa shape index (κ1) is 17.8. The van der Waals surface area contributed by atoms with Crippen molar-refractivity contribution in [1.29, 1.82) is 0 Å². The summed E-state index contributed by atoms with van der Waals surface area (Å²) in [5.41, 5.74) is 3.89. The van der Waals surface area contributed by atoms with Crippen LogP contribution in [-0.2, 0) is 12.0 Å². The Hall–Kier alpha value is -3.02. The molecule has 0 radical (unpaired) electrons. The second kappa shape index (κ2) is 7.07. The number of hydrogen-bond acceptors (Lipinski definition) is 4. The molecule has 0 aliphatic rings. The zero-order valence-corrected chi connectivity index (χ0v) is 15.5. The number of carbonyl (C=O) groups excluding carboxylic acids is 1. The number of benzene rings is 2. The monoisotopic (exact) mass is 349 g/mol. The molecule has 0 atom stereocenters. The van der Waals surface area contributed by atoms with Crippen LogP contribution in [0.25, 0.3) is 5.69 Å². The van der Waals surface area contributed by atoms with Crippen LogP contribution in [0.3, 0.4) is 0 Å². The van der Waals surface area contributed by atoms with Gasteiger partial charge >= 0.3 is 0 Å². The Morgan fingerprint density at radius 1 is 1.04 bits per heavy atom. The van der Waals surface area contributed by atoms with Crippen LogP contribution in [-0.4, -0.2) is 26.1 Å². The maximum atomic E-state index is 12.4. The standard InChI is InChI=1S/C20H23N5O/c1-14-5-11-17(12-6-14)25-18(22-23-24-25)13-21-19(26)15-7-9-16(10-8-15)20(2,3)4/h5-12H,13H2,1-4H3,(H,21,26). The Morgan fingerprint density at radius 2 is 1.69 bits per heavy atom. The number of amides is 1. The van der Waals surface area contributed by atoms with E-state index in [0.717, 1.165) is 11.3 Å². The molecular weight excluding hydrogens is 326 g/mol. The van der Waals surface area contributed by atoms with E-state index < -0.39 is 0 Å². The molecule has 1 N–H and O–H groups in total. The highest BCUT2D eigenvalue weighted by molar-refractivity contribution is 5.94. The third kappa shape index (κ3) is 3.96. The number of carbonyl (C=O) groups is 1. The number of rotatable bonds is 4. The van der Waals surface area contributed by atoms with Gasteiger partial charge in [-0.3, -0.25) is 4.79 Å². The van der Waals surface area contributed by atoms with Crippen molar-refractivity contribution in [1.82, 2.24) is 25.5 Å². The molecule has 1 heterocycles. The lowest BCUT2D eigenvalue weighted by atomic mass is 9.87. The Balaban J connectivity index is 1.69. The van der Waals surface area contributed by atoms with Gasteiger partial charge in [0, 0.05) is 5.56 Å². The lowest BCUT2D eigenvalue weighted by molar-refractivity contribution is 0.0949. The Labute approximate surface area is 153 Å². The summed E-state index contributed by atoms with van der Waals surface area (Å²) in [7, 11) is 0. The van der Waals surface area contributed by atoms with Crippen LogP contribution in [0.15, 0.2) is 48.5 Å². The molecule has 0 unspecified atom stereocenters. The smallest absolute Gasteiger partial charge is 0.251 e. The molecule has 2 aromatic carbocycles. The van der Waals surface area contributed by atoms with E-state index in [-0.39, 0.29) is 17.9 Å². The fourth-order valence-corrected chi connectivity index (χ4v) is 2.59. The van der Waals surface area contributed by atoms with Gasteiger partial charge in [-0.05, 0) is 52.6 Å². The van der Waals surface area contributed by atoms with E-state index in [1.165, 1.54) is 5.56 Å². The van der Waals surface area contributed by atoms with Gasteiger partial charge in [0.15, 0.2) is 5.82 Å². The van der Waals surface area contributed by atoms with Gasteiger partial charge in [-0.15, -0.1) is 5.10 Å². The fourth-order valence-electron chi connectivity index (χ4n) is 2.59. The van der Waals surface area contributed by atoms with Gasteiger partial charge in [0.2, 0.25) is 0 Å². The van der Waals surface area contributed by atoms with Crippen LogP contribution in [0.5, 0.6) is 0 Å². The van der Waals surface area contributed by atoms with E-state index in [2.05, 4.69) is 41.6 Å². The second-order valence-electron chi connectivity index (χ2n) is 7.35. The van der Waals surface area contributed by atoms with Crippen molar-refractivity contribution < 1.29 is 4.79 Å². The Kier molecular flexibility index (Phi) is 4.84. The molecule has 1 aromatic heterocycles. The molecule has 1 amide bonds. The summed E-state index contributed by atoms with van der Waals surface area (Å²) in [5.74, 6) is 0.428. The largest absolute Gasteiger partial charge is 0.345 e. The highest BCUT2D eigenvalue weighted by atomic mass is 16.1. The maximum Gasteiger partial charge on any atom is 0.251 e. The topological polar surface area (TPSA) is 72.7 Å². The van der Waals surface area contributed by atoms with E-state index in [1.807, 2.05) is 55.5 Å². The molecule has 0 spiro atoms. The molecule has 3 aromatic rings. The molecule has 6 nitrogen and oxygen atoms in total. The molecular formula is C20H23N5O. The predicted octanol–water partition coefficient (Wildman–Crippen LogP) is 3.20. The predicted molar refractivity (Wildman–Crippen MR) is 100 cm³/mol. The van der Waals surface area contributed by atoms with Gasteiger partial charge in [0.25, 0.3) is 5.91 Å². The molecule has 3 rings (SSSR count). The molecule has 6 heteroatoms. The van der Waals surface area contributed by atoms with E-state index in [1.54, 1.807) is 4.68 Å². The van der Waals surface area contributed by atoms with Crippen molar-refractivity contribution in [2.45, 2.75) is 39.7 Å². The SMILES string of the molecule is Cc1ccc(-n2nnnc2CNC(=O)c2ccc(C(C)(C)C)cc2)cc1. The molecule has 0 saturated carbocycles. The third-order valence-corrected chi connectivity index (χ3v) is 4.23. The molecule has 134 valence electrons. The Bertz CT molecular complexity index is 889. The lowest BCUT2D eigenvalue weighted by Crippen LogP contribution is -2.25. The van der Waals surface area contributed by atoms with Crippen LogP contribution >= 0.6 is 0 Å². The minimum atomic E-state index is -0.149.